The first kappa shape index (κ1) is 18.9. The summed E-state index contributed by atoms with van der Waals surface area (Å²) in [6.45, 7) is 3.61. The van der Waals surface area contributed by atoms with Crippen LogP contribution in [0.15, 0.2) is 67.0 Å². The molecule has 1 fully saturated rings. The molecule has 4 rings (SSSR count). The van der Waals surface area contributed by atoms with Gasteiger partial charge in [0.1, 0.15) is 0 Å². The molecule has 6 nitrogen and oxygen atoms in total. The molecule has 2 amide bonds. The molecule has 1 aliphatic rings. The molecule has 0 bridgehead atoms. The molecule has 1 saturated heterocycles. The molecule has 0 aliphatic carbocycles. The van der Waals surface area contributed by atoms with Gasteiger partial charge in [0.05, 0.1) is 12.5 Å². The Kier molecular flexibility index (Phi) is 5.42. The molecule has 0 spiro atoms. The Morgan fingerprint density at radius 2 is 1.83 bits per heavy atom. The highest BCUT2D eigenvalue weighted by atomic mass is 16.2. The van der Waals surface area contributed by atoms with E-state index in [0.29, 0.717) is 13.1 Å². The monoisotopic (exact) mass is 388 g/mol. The third-order valence-corrected chi connectivity index (χ3v) is 5.23. The summed E-state index contributed by atoms with van der Waals surface area (Å²) in [5.41, 5.74) is 4.18. The molecule has 0 saturated carbocycles. The molecule has 2 aromatic carbocycles. The maximum absolute atomic E-state index is 12.6. The number of carbonyl (C=O) groups excluding carboxylic acids is 2. The van der Waals surface area contributed by atoms with Crippen LogP contribution in [0.5, 0.6) is 0 Å². The van der Waals surface area contributed by atoms with Gasteiger partial charge in [-0.1, -0.05) is 42.0 Å². The summed E-state index contributed by atoms with van der Waals surface area (Å²) in [7, 11) is 0. The number of amides is 2. The molecule has 29 heavy (non-hydrogen) atoms. The van der Waals surface area contributed by atoms with E-state index in [9.17, 15) is 9.59 Å². The van der Waals surface area contributed by atoms with E-state index in [1.807, 2.05) is 72.4 Å². The van der Waals surface area contributed by atoms with Crippen molar-refractivity contribution in [3.8, 4) is 0 Å². The van der Waals surface area contributed by atoms with Crippen LogP contribution in [0.1, 0.15) is 23.1 Å². The van der Waals surface area contributed by atoms with E-state index in [1.165, 1.54) is 0 Å². The van der Waals surface area contributed by atoms with Crippen molar-refractivity contribution in [2.24, 2.45) is 5.92 Å². The molecule has 0 radical (unpaired) electrons. The normalized spacial score (nSPS) is 16.2. The number of hydrogen-bond donors (Lipinski definition) is 1. The lowest BCUT2D eigenvalue weighted by atomic mass is 10.1. The smallest absolute Gasteiger partial charge is 0.227 e. The average Bonchev–Trinajstić information content (AvgIpc) is 3.37. The number of nitrogens with one attached hydrogen (secondary N) is 1. The van der Waals surface area contributed by atoms with Gasteiger partial charge < -0.3 is 10.2 Å². The average molecular weight is 388 g/mol. The number of carbonyl (C=O) groups is 2. The first-order chi connectivity index (χ1) is 14.1. The topological polar surface area (TPSA) is 67.2 Å². The molecule has 0 unspecified atom stereocenters. The van der Waals surface area contributed by atoms with Gasteiger partial charge in [0, 0.05) is 37.6 Å². The Morgan fingerprint density at radius 1 is 1.10 bits per heavy atom. The van der Waals surface area contributed by atoms with E-state index >= 15 is 0 Å². The number of nitrogens with zero attached hydrogens (tertiary/aromatic N) is 3. The Bertz CT molecular complexity index is 979. The number of aromatic nitrogens is 2. The summed E-state index contributed by atoms with van der Waals surface area (Å²) in [4.78, 5) is 26.6. The predicted molar refractivity (Wildman–Crippen MR) is 111 cm³/mol. The second-order valence-corrected chi connectivity index (χ2v) is 7.48. The van der Waals surface area contributed by atoms with Crippen molar-refractivity contribution in [3.63, 3.8) is 0 Å². The van der Waals surface area contributed by atoms with Gasteiger partial charge in [-0.15, -0.1) is 0 Å². The van der Waals surface area contributed by atoms with Crippen molar-refractivity contribution in [2.75, 3.05) is 11.4 Å². The van der Waals surface area contributed by atoms with Crippen LogP contribution in [-0.4, -0.2) is 28.1 Å². The molecule has 1 atom stereocenters. The number of rotatable bonds is 6. The summed E-state index contributed by atoms with van der Waals surface area (Å²) in [6, 6.07) is 17.8. The lowest BCUT2D eigenvalue weighted by Crippen LogP contribution is -2.32. The van der Waals surface area contributed by atoms with Crippen LogP contribution in [0, 0.1) is 12.8 Å². The summed E-state index contributed by atoms with van der Waals surface area (Å²) in [6.07, 6.45) is 3.94. The second-order valence-electron chi connectivity index (χ2n) is 7.48. The van der Waals surface area contributed by atoms with Crippen molar-refractivity contribution in [2.45, 2.75) is 26.4 Å². The summed E-state index contributed by atoms with van der Waals surface area (Å²) < 4.78 is 1.87. The predicted octanol–water partition coefficient (Wildman–Crippen LogP) is 2.91. The van der Waals surface area contributed by atoms with E-state index < -0.39 is 0 Å². The van der Waals surface area contributed by atoms with E-state index in [-0.39, 0.29) is 24.2 Å². The standard InChI is InChI=1S/C23H24N4O2/c1-17-3-9-21(10-4-17)27-16-20(13-22(27)28)23(29)24-14-18-5-7-19(8-6-18)15-26-12-2-11-25-26/h2-12,20H,13-16H2,1H3,(H,24,29)/t20-/m1/s1. The lowest BCUT2D eigenvalue weighted by Gasteiger charge is -2.17. The van der Waals surface area contributed by atoms with Crippen molar-refractivity contribution in [1.29, 1.82) is 0 Å². The minimum atomic E-state index is -0.317. The van der Waals surface area contributed by atoms with Gasteiger partial charge in [-0.2, -0.15) is 5.10 Å². The number of benzene rings is 2. The zero-order valence-electron chi connectivity index (χ0n) is 16.4. The highest BCUT2D eigenvalue weighted by molar-refractivity contribution is 6.00. The SMILES string of the molecule is Cc1ccc(N2C[C@H](C(=O)NCc3ccc(Cn4cccn4)cc3)CC2=O)cc1. The first-order valence-corrected chi connectivity index (χ1v) is 9.78. The van der Waals surface area contributed by atoms with Crippen LogP contribution in [0.3, 0.4) is 0 Å². The van der Waals surface area contributed by atoms with E-state index in [1.54, 1.807) is 11.1 Å². The highest BCUT2D eigenvalue weighted by Crippen LogP contribution is 2.25. The van der Waals surface area contributed by atoms with Gasteiger partial charge in [-0.25, -0.2) is 0 Å². The first-order valence-electron chi connectivity index (χ1n) is 9.78. The lowest BCUT2D eigenvalue weighted by molar-refractivity contribution is -0.126. The van der Waals surface area contributed by atoms with Gasteiger partial charge >= 0.3 is 0 Å². The van der Waals surface area contributed by atoms with Crippen molar-refractivity contribution < 1.29 is 9.59 Å². The van der Waals surface area contributed by atoms with Gasteiger partial charge in [0.15, 0.2) is 0 Å². The largest absolute Gasteiger partial charge is 0.352 e. The van der Waals surface area contributed by atoms with Crippen molar-refractivity contribution in [1.82, 2.24) is 15.1 Å². The third-order valence-electron chi connectivity index (χ3n) is 5.23. The molecule has 148 valence electrons. The number of hydrogen-bond acceptors (Lipinski definition) is 3. The summed E-state index contributed by atoms with van der Waals surface area (Å²) in [5.74, 6) is -0.395. The molecule has 6 heteroatoms. The fourth-order valence-electron chi connectivity index (χ4n) is 3.53. The van der Waals surface area contributed by atoms with Gasteiger partial charge in [-0.05, 0) is 36.2 Å². The van der Waals surface area contributed by atoms with Crippen LogP contribution in [-0.2, 0) is 22.7 Å². The van der Waals surface area contributed by atoms with Crippen LogP contribution in [0.25, 0.3) is 0 Å². The Morgan fingerprint density at radius 3 is 2.52 bits per heavy atom. The van der Waals surface area contributed by atoms with Crippen LogP contribution in [0.4, 0.5) is 5.69 Å². The van der Waals surface area contributed by atoms with Gasteiger partial charge in [0.2, 0.25) is 11.8 Å². The van der Waals surface area contributed by atoms with Crippen LogP contribution < -0.4 is 10.2 Å². The molecule has 1 aliphatic heterocycles. The van der Waals surface area contributed by atoms with Crippen LogP contribution in [0.2, 0.25) is 0 Å². The van der Waals surface area contributed by atoms with E-state index in [0.717, 1.165) is 28.9 Å². The quantitative estimate of drug-likeness (QED) is 0.706. The second kappa shape index (κ2) is 8.31. The van der Waals surface area contributed by atoms with Gasteiger partial charge in [0.25, 0.3) is 0 Å². The van der Waals surface area contributed by atoms with Crippen molar-refractivity contribution in [3.05, 3.63) is 83.7 Å². The Labute approximate surface area is 170 Å². The maximum atomic E-state index is 12.6. The Balaban J connectivity index is 1.30. The summed E-state index contributed by atoms with van der Waals surface area (Å²) >= 11 is 0. The van der Waals surface area contributed by atoms with Crippen molar-refractivity contribution >= 4 is 17.5 Å². The highest BCUT2D eigenvalue weighted by Gasteiger charge is 2.34. The molecule has 2 heterocycles. The fraction of sp³-hybridized carbons (Fsp3) is 0.261. The molecular weight excluding hydrogens is 364 g/mol. The van der Waals surface area contributed by atoms with E-state index in [2.05, 4.69) is 10.4 Å². The minimum absolute atomic E-state index is 0.00280. The summed E-state index contributed by atoms with van der Waals surface area (Å²) in [5, 5.41) is 7.18. The third kappa shape index (κ3) is 4.54. The Hall–Kier alpha value is -3.41. The molecule has 3 aromatic rings. The zero-order chi connectivity index (χ0) is 20.2. The molecule has 1 aromatic heterocycles. The maximum Gasteiger partial charge on any atom is 0.227 e. The number of aryl methyl sites for hydroxylation is 1. The molecular formula is C23H24N4O2. The number of anilines is 1. The molecule has 1 N–H and O–H groups in total. The minimum Gasteiger partial charge on any atom is -0.352 e. The zero-order valence-corrected chi connectivity index (χ0v) is 16.4. The van der Waals surface area contributed by atoms with E-state index in [4.69, 9.17) is 0 Å². The van der Waals surface area contributed by atoms with Gasteiger partial charge in [-0.3, -0.25) is 14.3 Å². The van der Waals surface area contributed by atoms with Crippen LogP contribution >= 0.6 is 0 Å². The fourth-order valence-corrected chi connectivity index (χ4v) is 3.53.